The predicted octanol–water partition coefficient (Wildman–Crippen LogP) is 3.58. The van der Waals surface area contributed by atoms with Crippen LogP contribution < -0.4 is 16.0 Å². The van der Waals surface area contributed by atoms with Gasteiger partial charge < -0.3 is 20.9 Å². The molecule has 0 heterocycles. The molecule has 29 heavy (non-hydrogen) atoms. The van der Waals surface area contributed by atoms with Gasteiger partial charge in [0, 0.05) is 29.7 Å². The zero-order valence-electron chi connectivity index (χ0n) is 17.3. The van der Waals surface area contributed by atoms with Gasteiger partial charge in [0.15, 0.2) is 0 Å². The van der Waals surface area contributed by atoms with Crippen LogP contribution in [0, 0.1) is 0 Å². The van der Waals surface area contributed by atoms with Gasteiger partial charge in [-0.1, -0.05) is 41.9 Å². The van der Waals surface area contributed by atoms with Gasteiger partial charge in [0.2, 0.25) is 0 Å². The molecule has 0 saturated carbocycles. The lowest BCUT2D eigenvalue weighted by atomic mass is 10.1. The second-order valence-electron chi connectivity index (χ2n) is 7.39. The predicted molar refractivity (Wildman–Crippen MR) is 117 cm³/mol. The first-order valence-corrected chi connectivity index (χ1v) is 9.98. The first kappa shape index (κ1) is 22.7. The third kappa shape index (κ3) is 7.07. The molecular weight excluding hydrogens is 388 g/mol. The molecule has 156 valence electrons. The van der Waals surface area contributed by atoms with Crippen LogP contribution in [0.5, 0.6) is 0 Å². The van der Waals surface area contributed by atoms with E-state index in [-0.39, 0.29) is 24.0 Å². The largest absolute Gasteiger partial charge is 0.350 e. The second kappa shape index (κ2) is 10.8. The molecule has 6 nitrogen and oxygen atoms in total. The molecule has 0 unspecified atom stereocenters. The summed E-state index contributed by atoms with van der Waals surface area (Å²) >= 11 is 6.32. The first-order valence-electron chi connectivity index (χ1n) is 9.60. The van der Waals surface area contributed by atoms with Gasteiger partial charge in [0.05, 0.1) is 6.04 Å². The Morgan fingerprint density at radius 2 is 1.66 bits per heavy atom. The van der Waals surface area contributed by atoms with Gasteiger partial charge in [0.1, 0.15) is 0 Å². The van der Waals surface area contributed by atoms with Crippen molar-refractivity contribution in [2.24, 2.45) is 0 Å². The lowest BCUT2D eigenvalue weighted by Gasteiger charge is -2.26. The highest BCUT2D eigenvalue weighted by molar-refractivity contribution is 6.31. The van der Waals surface area contributed by atoms with Gasteiger partial charge in [-0.2, -0.15) is 0 Å². The van der Waals surface area contributed by atoms with Crippen LogP contribution in [0.2, 0.25) is 5.02 Å². The molecule has 3 amide bonds. The monoisotopic (exact) mass is 416 g/mol. The number of nitrogens with one attached hydrogen (secondary N) is 3. The van der Waals surface area contributed by atoms with E-state index in [1.54, 1.807) is 12.1 Å². The number of carbonyl (C=O) groups excluding carboxylic acids is 2. The van der Waals surface area contributed by atoms with Gasteiger partial charge in [-0.15, -0.1) is 0 Å². The van der Waals surface area contributed by atoms with E-state index in [9.17, 15) is 9.59 Å². The summed E-state index contributed by atoms with van der Waals surface area (Å²) in [7, 11) is 3.91. The number of likely N-dealkylation sites (N-methyl/N-ethyl adjacent to an activating group) is 1. The second-order valence-corrected chi connectivity index (χ2v) is 7.80. The van der Waals surface area contributed by atoms with Crippen LogP contribution in [0.1, 0.15) is 41.4 Å². The summed E-state index contributed by atoms with van der Waals surface area (Å²) in [5.41, 5.74) is 2.46. The molecule has 2 rings (SSSR count). The van der Waals surface area contributed by atoms with Gasteiger partial charge in [-0.3, -0.25) is 4.79 Å². The minimum Gasteiger partial charge on any atom is -0.350 e. The Kier molecular flexibility index (Phi) is 8.49. The Morgan fingerprint density at radius 3 is 2.24 bits per heavy atom. The molecule has 2 aromatic carbocycles. The SMILES string of the molecule is CC(C)NC(=O)NCc1ccc(C(=O)NC[C@@H](c2ccccc2Cl)N(C)C)cc1. The molecule has 0 fully saturated rings. The summed E-state index contributed by atoms with van der Waals surface area (Å²) in [6.45, 7) is 4.64. The van der Waals surface area contributed by atoms with E-state index in [0.29, 0.717) is 23.7 Å². The Labute approximate surface area is 177 Å². The lowest BCUT2D eigenvalue weighted by molar-refractivity contribution is 0.0942. The van der Waals surface area contributed by atoms with Crippen molar-refractivity contribution in [1.82, 2.24) is 20.9 Å². The van der Waals surface area contributed by atoms with E-state index in [4.69, 9.17) is 11.6 Å². The van der Waals surface area contributed by atoms with Crippen molar-refractivity contribution in [2.45, 2.75) is 32.5 Å². The summed E-state index contributed by atoms with van der Waals surface area (Å²) in [5, 5.41) is 9.21. The molecular formula is C22H29ClN4O2. The van der Waals surface area contributed by atoms with E-state index in [2.05, 4.69) is 16.0 Å². The van der Waals surface area contributed by atoms with Crippen LogP contribution in [0.3, 0.4) is 0 Å². The van der Waals surface area contributed by atoms with Crippen molar-refractivity contribution in [3.63, 3.8) is 0 Å². The van der Waals surface area contributed by atoms with Gasteiger partial charge in [-0.25, -0.2) is 4.79 Å². The Balaban J connectivity index is 1.93. The Bertz CT molecular complexity index is 822. The van der Waals surface area contributed by atoms with Crippen LogP contribution >= 0.6 is 11.6 Å². The minimum absolute atomic E-state index is 0.0319. The highest BCUT2D eigenvalue weighted by Crippen LogP contribution is 2.25. The Hall–Kier alpha value is -2.57. The number of halogens is 1. The molecule has 2 aromatic rings. The zero-order valence-corrected chi connectivity index (χ0v) is 18.1. The molecule has 1 atom stereocenters. The highest BCUT2D eigenvalue weighted by Gasteiger charge is 2.18. The zero-order chi connectivity index (χ0) is 21.4. The van der Waals surface area contributed by atoms with Crippen molar-refractivity contribution < 1.29 is 9.59 Å². The number of benzene rings is 2. The number of nitrogens with zero attached hydrogens (tertiary/aromatic N) is 1. The van der Waals surface area contributed by atoms with Gasteiger partial charge in [0.25, 0.3) is 5.91 Å². The van der Waals surface area contributed by atoms with Crippen LogP contribution in [0.4, 0.5) is 4.79 Å². The molecule has 3 N–H and O–H groups in total. The summed E-state index contributed by atoms with van der Waals surface area (Å²) in [4.78, 5) is 26.2. The third-order valence-corrected chi connectivity index (χ3v) is 4.78. The standard InChI is InChI=1S/C22H29ClN4O2/c1-15(2)26-22(29)25-13-16-9-11-17(12-10-16)21(28)24-14-20(27(3)4)18-7-5-6-8-19(18)23/h5-12,15,20H,13-14H2,1-4H3,(H,24,28)(H2,25,26,29)/t20-/m0/s1. The van der Waals surface area contributed by atoms with Crippen molar-refractivity contribution in [3.05, 3.63) is 70.2 Å². The van der Waals surface area contributed by atoms with Crippen LogP contribution in [0.15, 0.2) is 48.5 Å². The molecule has 0 aliphatic heterocycles. The third-order valence-electron chi connectivity index (χ3n) is 4.43. The molecule has 0 bridgehead atoms. The summed E-state index contributed by atoms with van der Waals surface area (Å²) < 4.78 is 0. The number of hydrogen-bond donors (Lipinski definition) is 3. The lowest BCUT2D eigenvalue weighted by Crippen LogP contribution is -2.39. The molecule has 0 saturated heterocycles. The smallest absolute Gasteiger partial charge is 0.315 e. The minimum atomic E-state index is -0.212. The van der Waals surface area contributed by atoms with Crippen LogP contribution in [0.25, 0.3) is 0 Å². The van der Waals surface area contributed by atoms with Gasteiger partial charge >= 0.3 is 6.03 Å². The molecule has 0 spiro atoms. The maximum atomic E-state index is 12.5. The maximum Gasteiger partial charge on any atom is 0.315 e. The number of urea groups is 1. The fourth-order valence-corrected chi connectivity index (χ4v) is 3.14. The number of hydrogen-bond acceptors (Lipinski definition) is 3. The van der Waals surface area contributed by atoms with E-state index < -0.39 is 0 Å². The van der Waals surface area contributed by atoms with E-state index in [1.165, 1.54) is 0 Å². The first-order chi connectivity index (χ1) is 13.8. The topological polar surface area (TPSA) is 73.5 Å². The van der Waals surface area contributed by atoms with E-state index >= 15 is 0 Å². The van der Waals surface area contributed by atoms with E-state index in [0.717, 1.165) is 11.1 Å². The fourth-order valence-electron chi connectivity index (χ4n) is 2.88. The van der Waals surface area contributed by atoms with E-state index in [1.807, 2.05) is 69.2 Å². The number of rotatable bonds is 8. The summed E-state index contributed by atoms with van der Waals surface area (Å²) in [6.07, 6.45) is 0. The average molecular weight is 417 g/mol. The number of carbonyl (C=O) groups is 2. The average Bonchev–Trinajstić information content (AvgIpc) is 2.67. The fraction of sp³-hybridized carbons (Fsp3) is 0.364. The molecule has 7 heteroatoms. The van der Waals surface area contributed by atoms with Crippen molar-refractivity contribution in [2.75, 3.05) is 20.6 Å². The molecule has 0 radical (unpaired) electrons. The molecule has 0 aliphatic rings. The van der Waals surface area contributed by atoms with Crippen molar-refractivity contribution in [3.8, 4) is 0 Å². The van der Waals surface area contributed by atoms with Crippen molar-refractivity contribution >= 4 is 23.5 Å². The van der Waals surface area contributed by atoms with Crippen LogP contribution in [-0.2, 0) is 6.54 Å². The molecule has 0 aliphatic carbocycles. The summed E-state index contributed by atoms with van der Waals surface area (Å²) in [5.74, 6) is -0.152. The maximum absolute atomic E-state index is 12.5. The van der Waals surface area contributed by atoms with Gasteiger partial charge in [-0.05, 0) is 57.3 Å². The Morgan fingerprint density at radius 1 is 1.00 bits per heavy atom. The highest BCUT2D eigenvalue weighted by atomic mass is 35.5. The van der Waals surface area contributed by atoms with Crippen LogP contribution in [-0.4, -0.2) is 43.5 Å². The molecule has 0 aromatic heterocycles. The summed E-state index contributed by atoms with van der Waals surface area (Å²) in [6, 6.07) is 14.7. The normalized spacial score (nSPS) is 12.0. The quantitative estimate of drug-likeness (QED) is 0.615. The van der Waals surface area contributed by atoms with Crippen molar-refractivity contribution in [1.29, 1.82) is 0 Å². The number of amides is 3.